The highest BCUT2D eigenvalue weighted by Gasteiger charge is 2.09. The van der Waals surface area contributed by atoms with Crippen molar-refractivity contribution in [3.63, 3.8) is 0 Å². The van der Waals surface area contributed by atoms with E-state index in [1.165, 1.54) is 11.3 Å². The van der Waals surface area contributed by atoms with E-state index < -0.39 is 0 Å². The van der Waals surface area contributed by atoms with Crippen molar-refractivity contribution in [2.24, 2.45) is 0 Å². The Balaban J connectivity index is 1.73. The summed E-state index contributed by atoms with van der Waals surface area (Å²) in [5.41, 5.74) is 6.18. The maximum atomic E-state index is 5.88. The van der Waals surface area contributed by atoms with Crippen molar-refractivity contribution in [3.8, 4) is 22.6 Å². The molecular formula is C21H18N2O. The van der Waals surface area contributed by atoms with Crippen LogP contribution in [0.5, 0.6) is 0 Å². The molecule has 24 heavy (non-hydrogen) atoms. The van der Waals surface area contributed by atoms with Gasteiger partial charge in [0.1, 0.15) is 5.52 Å². The van der Waals surface area contributed by atoms with E-state index in [2.05, 4.69) is 46.3 Å². The summed E-state index contributed by atoms with van der Waals surface area (Å²) in [7, 11) is 4.09. The third-order valence-electron chi connectivity index (χ3n) is 4.13. The number of hydrogen-bond acceptors (Lipinski definition) is 3. The third-order valence-corrected chi connectivity index (χ3v) is 4.13. The first-order chi connectivity index (χ1) is 11.7. The Morgan fingerprint density at radius 1 is 0.750 bits per heavy atom. The lowest BCUT2D eigenvalue weighted by Crippen LogP contribution is -2.07. The first kappa shape index (κ1) is 14.5. The zero-order valence-electron chi connectivity index (χ0n) is 13.7. The van der Waals surface area contributed by atoms with Gasteiger partial charge in [-0.25, -0.2) is 4.98 Å². The molecule has 0 N–H and O–H groups in total. The predicted octanol–water partition coefficient (Wildman–Crippen LogP) is 5.23. The van der Waals surface area contributed by atoms with Gasteiger partial charge in [0.05, 0.1) is 0 Å². The molecule has 0 atom stereocenters. The summed E-state index contributed by atoms with van der Waals surface area (Å²) in [5, 5.41) is 0. The van der Waals surface area contributed by atoms with Gasteiger partial charge < -0.3 is 9.32 Å². The highest BCUT2D eigenvalue weighted by molar-refractivity contribution is 5.82. The van der Waals surface area contributed by atoms with Crippen molar-refractivity contribution < 1.29 is 4.42 Å². The zero-order valence-corrected chi connectivity index (χ0v) is 13.7. The third kappa shape index (κ3) is 2.65. The molecule has 0 aliphatic carbocycles. The second kappa shape index (κ2) is 5.85. The molecule has 1 aromatic heterocycles. The van der Waals surface area contributed by atoms with E-state index in [4.69, 9.17) is 4.42 Å². The fraction of sp³-hybridized carbons (Fsp3) is 0.0952. The fourth-order valence-electron chi connectivity index (χ4n) is 2.76. The molecule has 1 heterocycles. The lowest BCUT2D eigenvalue weighted by Gasteiger charge is -2.12. The van der Waals surface area contributed by atoms with Crippen LogP contribution in [-0.2, 0) is 0 Å². The Hall–Kier alpha value is -3.07. The zero-order chi connectivity index (χ0) is 16.5. The summed E-state index contributed by atoms with van der Waals surface area (Å²) in [5.74, 6) is 0.658. The lowest BCUT2D eigenvalue weighted by molar-refractivity contribution is 0.620. The van der Waals surface area contributed by atoms with E-state index in [0.29, 0.717) is 5.89 Å². The minimum Gasteiger partial charge on any atom is -0.436 e. The van der Waals surface area contributed by atoms with Crippen LogP contribution in [0.15, 0.2) is 77.2 Å². The smallest absolute Gasteiger partial charge is 0.227 e. The topological polar surface area (TPSA) is 29.3 Å². The molecule has 0 aliphatic rings. The Morgan fingerprint density at radius 2 is 1.46 bits per heavy atom. The molecule has 4 aromatic rings. The summed E-state index contributed by atoms with van der Waals surface area (Å²) in [6.07, 6.45) is 0. The number of anilines is 1. The van der Waals surface area contributed by atoms with Gasteiger partial charge in [-0.05, 0) is 47.5 Å². The summed E-state index contributed by atoms with van der Waals surface area (Å²) < 4.78 is 5.88. The first-order valence-corrected chi connectivity index (χ1v) is 7.94. The van der Waals surface area contributed by atoms with Crippen LogP contribution in [0.1, 0.15) is 0 Å². The largest absolute Gasteiger partial charge is 0.436 e. The Labute approximate surface area is 141 Å². The van der Waals surface area contributed by atoms with Gasteiger partial charge >= 0.3 is 0 Å². The van der Waals surface area contributed by atoms with E-state index in [9.17, 15) is 0 Å². The maximum absolute atomic E-state index is 5.88. The van der Waals surface area contributed by atoms with Gasteiger partial charge in [0.25, 0.3) is 0 Å². The molecule has 0 saturated heterocycles. The number of fused-ring (bicyclic) bond motifs is 1. The first-order valence-electron chi connectivity index (χ1n) is 7.94. The van der Waals surface area contributed by atoms with Gasteiger partial charge in [-0.2, -0.15) is 0 Å². The number of oxazole rings is 1. The van der Waals surface area contributed by atoms with E-state index in [0.717, 1.165) is 22.2 Å². The highest BCUT2D eigenvalue weighted by atomic mass is 16.3. The number of benzene rings is 3. The standard InChI is InChI=1S/C21H18N2O/c1-23(2)18-11-8-15(9-12-18)17-10-13-20-19(14-17)22-21(24-20)16-6-4-3-5-7-16/h3-14H,1-2H3. The molecule has 0 saturated carbocycles. The minimum absolute atomic E-state index is 0.658. The number of nitrogens with zero attached hydrogens (tertiary/aromatic N) is 2. The molecule has 0 amide bonds. The molecule has 0 fully saturated rings. The monoisotopic (exact) mass is 314 g/mol. The molecular weight excluding hydrogens is 296 g/mol. The molecule has 3 aromatic carbocycles. The summed E-state index contributed by atoms with van der Waals surface area (Å²) in [6.45, 7) is 0. The van der Waals surface area contributed by atoms with E-state index in [-0.39, 0.29) is 0 Å². The highest BCUT2D eigenvalue weighted by Crippen LogP contribution is 2.29. The van der Waals surface area contributed by atoms with Crippen LogP contribution in [0.4, 0.5) is 5.69 Å². The number of aromatic nitrogens is 1. The van der Waals surface area contributed by atoms with Gasteiger partial charge in [-0.3, -0.25) is 0 Å². The Bertz CT molecular complexity index is 970. The van der Waals surface area contributed by atoms with Crippen LogP contribution in [-0.4, -0.2) is 19.1 Å². The van der Waals surface area contributed by atoms with Gasteiger partial charge in [-0.1, -0.05) is 36.4 Å². The van der Waals surface area contributed by atoms with Crippen molar-refractivity contribution >= 4 is 16.8 Å². The van der Waals surface area contributed by atoms with E-state index in [1.54, 1.807) is 0 Å². The average Bonchev–Trinajstić information content (AvgIpc) is 3.06. The van der Waals surface area contributed by atoms with Crippen LogP contribution < -0.4 is 4.90 Å². The summed E-state index contributed by atoms with van der Waals surface area (Å²) in [4.78, 5) is 6.73. The van der Waals surface area contributed by atoms with Gasteiger partial charge in [0, 0.05) is 25.3 Å². The van der Waals surface area contributed by atoms with Crippen LogP contribution in [0, 0.1) is 0 Å². The van der Waals surface area contributed by atoms with Crippen LogP contribution in [0.25, 0.3) is 33.7 Å². The van der Waals surface area contributed by atoms with Crippen LogP contribution in [0.3, 0.4) is 0 Å². The second-order valence-corrected chi connectivity index (χ2v) is 6.01. The number of rotatable bonds is 3. The van der Waals surface area contributed by atoms with Gasteiger partial charge in [-0.15, -0.1) is 0 Å². The molecule has 0 aliphatic heterocycles. The fourth-order valence-corrected chi connectivity index (χ4v) is 2.76. The Kier molecular flexibility index (Phi) is 3.54. The van der Waals surface area contributed by atoms with Crippen molar-refractivity contribution in [1.29, 1.82) is 0 Å². The quantitative estimate of drug-likeness (QED) is 0.518. The molecule has 4 rings (SSSR count). The lowest BCUT2D eigenvalue weighted by atomic mass is 10.0. The second-order valence-electron chi connectivity index (χ2n) is 6.01. The molecule has 3 heteroatoms. The normalized spacial score (nSPS) is 10.9. The predicted molar refractivity (Wildman–Crippen MR) is 99.2 cm³/mol. The molecule has 0 spiro atoms. The van der Waals surface area contributed by atoms with Crippen LogP contribution >= 0.6 is 0 Å². The van der Waals surface area contributed by atoms with Crippen molar-refractivity contribution in [2.75, 3.05) is 19.0 Å². The van der Waals surface area contributed by atoms with Crippen molar-refractivity contribution in [3.05, 3.63) is 72.8 Å². The minimum atomic E-state index is 0.658. The maximum Gasteiger partial charge on any atom is 0.227 e. The van der Waals surface area contributed by atoms with Gasteiger partial charge in [0.2, 0.25) is 5.89 Å². The van der Waals surface area contributed by atoms with Crippen LogP contribution in [0.2, 0.25) is 0 Å². The van der Waals surface area contributed by atoms with E-state index in [1.807, 2.05) is 50.5 Å². The Morgan fingerprint density at radius 3 is 2.17 bits per heavy atom. The van der Waals surface area contributed by atoms with Crippen molar-refractivity contribution in [2.45, 2.75) is 0 Å². The molecule has 118 valence electrons. The van der Waals surface area contributed by atoms with Gasteiger partial charge in [0.15, 0.2) is 5.58 Å². The molecule has 0 unspecified atom stereocenters. The average molecular weight is 314 g/mol. The van der Waals surface area contributed by atoms with Crippen molar-refractivity contribution in [1.82, 2.24) is 4.98 Å². The van der Waals surface area contributed by atoms with E-state index >= 15 is 0 Å². The molecule has 3 nitrogen and oxygen atoms in total. The SMILES string of the molecule is CN(C)c1ccc(-c2ccc3oc(-c4ccccc4)nc3c2)cc1. The summed E-state index contributed by atoms with van der Waals surface area (Å²) in [6, 6.07) is 24.6. The molecule has 0 radical (unpaired) electrons. The summed E-state index contributed by atoms with van der Waals surface area (Å²) >= 11 is 0. The number of hydrogen-bond donors (Lipinski definition) is 0. The molecule has 0 bridgehead atoms.